The highest BCUT2D eigenvalue weighted by molar-refractivity contribution is 4.94. The van der Waals surface area contributed by atoms with Gasteiger partial charge in [-0.15, -0.1) is 0 Å². The molecule has 2 fully saturated rings. The van der Waals surface area contributed by atoms with Gasteiger partial charge in [0.2, 0.25) is 0 Å². The second kappa shape index (κ2) is 9.93. The minimum Gasteiger partial charge on any atom is -0.389 e. The summed E-state index contributed by atoms with van der Waals surface area (Å²) >= 11 is 0. The molecule has 0 spiro atoms. The van der Waals surface area contributed by atoms with E-state index in [1.807, 2.05) is 41.5 Å². The van der Waals surface area contributed by atoms with Crippen molar-refractivity contribution in [3.63, 3.8) is 0 Å². The molecule has 8 heteroatoms. The summed E-state index contributed by atoms with van der Waals surface area (Å²) in [5, 5.41) is 38.4. The van der Waals surface area contributed by atoms with E-state index in [-0.39, 0.29) is 30.5 Å². The second-order valence-corrected chi connectivity index (χ2v) is 9.53. The van der Waals surface area contributed by atoms with E-state index in [4.69, 9.17) is 20.9 Å². The van der Waals surface area contributed by atoms with Crippen molar-refractivity contribution in [2.24, 2.45) is 22.3 Å². The summed E-state index contributed by atoms with van der Waals surface area (Å²) in [6.45, 7) is 12.4. The van der Waals surface area contributed by atoms with E-state index in [2.05, 4.69) is 0 Å². The zero-order valence-corrected chi connectivity index (χ0v) is 16.8. The Labute approximate surface area is 163 Å². The molecular formula is C19H42N2O6. The van der Waals surface area contributed by atoms with Gasteiger partial charge in [0, 0.05) is 0 Å². The van der Waals surface area contributed by atoms with Crippen LogP contribution in [-0.4, -0.2) is 82.3 Å². The summed E-state index contributed by atoms with van der Waals surface area (Å²) in [4.78, 5) is 0. The van der Waals surface area contributed by atoms with Gasteiger partial charge in [0.05, 0.1) is 49.7 Å². The van der Waals surface area contributed by atoms with E-state index in [9.17, 15) is 20.4 Å². The van der Waals surface area contributed by atoms with Crippen LogP contribution < -0.4 is 11.5 Å². The predicted octanol–water partition coefficient (Wildman–Crippen LogP) is -0.403. The summed E-state index contributed by atoms with van der Waals surface area (Å²) in [6, 6.07) is -0.956. The molecule has 2 aliphatic rings. The lowest BCUT2D eigenvalue weighted by Gasteiger charge is -2.42. The lowest BCUT2D eigenvalue weighted by molar-refractivity contribution is -0.176. The van der Waals surface area contributed by atoms with Gasteiger partial charge in [-0.1, -0.05) is 49.0 Å². The molecule has 0 saturated carbocycles. The van der Waals surface area contributed by atoms with Crippen LogP contribution in [0.15, 0.2) is 0 Å². The summed E-state index contributed by atoms with van der Waals surface area (Å²) in [5.41, 5.74) is 10.7. The van der Waals surface area contributed by atoms with E-state index < -0.39 is 36.5 Å². The van der Waals surface area contributed by atoms with Crippen molar-refractivity contribution in [1.82, 2.24) is 0 Å². The molecule has 0 aromatic heterocycles. The van der Waals surface area contributed by atoms with Gasteiger partial charge in [-0.05, 0) is 10.8 Å². The molecular weight excluding hydrogens is 352 g/mol. The molecule has 2 aliphatic heterocycles. The first kappa shape index (κ1) is 26.7. The van der Waals surface area contributed by atoms with Gasteiger partial charge in [0.25, 0.3) is 0 Å². The molecule has 0 amide bonds. The van der Waals surface area contributed by atoms with Crippen LogP contribution in [0.2, 0.25) is 0 Å². The molecule has 0 aromatic carbocycles. The van der Waals surface area contributed by atoms with Crippen LogP contribution in [0.25, 0.3) is 0 Å². The van der Waals surface area contributed by atoms with Gasteiger partial charge in [-0.2, -0.15) is 0 Å². The van der Waals surface area contributed by atoms with Crippen LogP contribution in [0.3, 0.4) is 0 Å². The maximum Gasteiger partial charge on any atom is 0.108 e. The van der Waals surface area contributed by atoms with Crippen LogP contribution in [0, 0.1) is 10.8 Å². The molecule has 0 bridgehead atoms. The molecule has 27 heavy (non-hydrogen) atoms. The smallest absolute Gasteiger partial charge is 0.108 e. The third-order valence-electron chi connectivity index (χ3n) is 4.84. The lowest BCUT2D eigenvalue weighted by atomic mass is 9.81. The molecule has 0 aromatic rings. The van der Waals surface area contributed by atoms with Crippen molar-refractivity contribution in [3.8, 4) is 0 Å². The highest BCUT2D eigenvalue weighted by Crippen LogP contribution is 2.30. The number of ether oxygens (including phenoxy) is 2. The topological polar surface area (TPSA) is 151 Å². The molecule has 2 saturated heterocycles. The summed E-state index contributed by atoms with van der Waals surface area (Å²) in [5.74, 6) is 0. The van der Waals surface area contributed by atoms with Crippen molar-refractivity contribution in [1.29, 1.82) is 0 Å². The minimum atomic E-state index is -0.885. The monoisotopic (exact) mass is 394 g/mol. The van der Waals surface area contributed by atoms with Gasteiger partial charge in [-0.25, -0.2) is 0 Å². The Bertz CT molecular complexity index is 397. The molecule has 0 radical (unpaired) electrons. The highest BCUT2D eigenvalue weighted by atomic mass is 16.5. The van der Waals surface area contributed by atoms with E-state index >= 15 is 0 Å². The Morgan fingerprint density at radius 3 is 1.11 bits per heavy atom. The van der Waals surface area contributed by atoms with Crippen molar-refractivity contribution in [3.05, 3.63) is 0 Å². The maximum atomic E-state index is 9.69. The number of aliphatic hydroxyl groups is 4. The summed E-state index contributed by atoms with van der Waals surface area (Å²) in [6.07, 6.45) is -4.21. The molecule has 8 N–H and O–H groups in total. The van der Waals surface area contributed by atoms with E-state index in [1.165, 1.54) is 0 Å². The van der Waals surface area contributed by atoms with E-state index in [1.54, 1.807) is 0 Å². The average Bonchev–Trinajstić information content (AvgIpc) is 2.48. The fourth-order valence-corrected chi connectivity index (χ4v) is 3.21. The largest absolute Gasteiger partial charge is 0.389 e. The number of rotatable bonds is 0. The second-order valence-electron chi connectivity index (χ2n) is 9.53. The van der Waals surface area contributed by atoms with Crippen LogP contribution in [0.1, 0.15) is 49.0 Å². The normalized spacial score (nSPS) is 40.4. The average molecular weight is 395 g/mol. The maximum absolute atomic E-state index is 9.69. The Hall–Kier alpha value is -0.320. The Kier molecular flexibility index (Phi) is 9.82. The third kappa shape index (κ3) is 6.90. The zero-order chi connectivity index (χ0) is 20.4. The standard InChI is InChI=1S/2C9H19NO3.CH4/c2*1-9(2,3)8-7(12)6(11)5(10)4-13-8;/h2*5-8,11-12H,4,10H2,1-3H3;1H4. The SMILES string of the molecule is C.CC(C)(C)C1OCC(N)C(O)C1O.CC(C)(C)C1OCC(N)C(O)C1O. The Morgan fingerprint density at radius 2 is 0.889 bits per heavy atom. The van der Waals surface area contributed by atoms with Crippen molar-refractivity contribution >= 4 is 0 Å². The summed E-state index contributed by atoms with van der Waals surface area (Å²) in [7, 11) is 0. The number of hydrogen-bond donors (Lipinski definition) is 6. The molecule has 8 unspecified atom stereocenters. The first-order valence-electron chi connectivity index (χ1n) is 9.14. The number of aliphatic hydroxyl groups excluding tert-OH is 4. The van der Waals surface area contributed by atoms with Gasteiger partial charge in [0.15, 0.2) is 0 Å². The van der Waals surface area contributed by atoms with Gasteiger partial charge in [0.1, 0.15) is 12.2 Å². The van der Waals surface area contributed by atoms with E-state index in [0.717, 1.165) is 0 Å². The molecule has 8 atom stereocenters. The lowest BCUT2D eigenvalue weighted by Crippen LogP contribution is -2.59. The van der Waals surface area contributed by atoms with Crippen LogP contribution in [-0.2, 0) is 9.47 Å². The molecule has 0 aliphatic carbocycles. The fourth-order valence-electron chi connectivity index (χ4n) is 3.21. The van der Waals surface area contributed by atoms with Crippen LogP contribution in [0.4, 0.5) is 0 Å². The van der Waals surface area contributed by atoms with Crippen molar-refractivity contribution in [2.75, 3.05) is 13.2 Å². The fraction of sp³-hybridized carbons (Fsp3) is 1.00. The van der Waals surface area contributed by atoms with Gasteiger partial charge >= 0.3 is 0 Å². The van der Waals surface area contributed by atoms with Crippen molar-refractivity contribution in [2.45, 2.75) is 97.7 Å². The van der Waals surface area contributed by atoms with Gasteiger partial charge in [-0.3, -0.25) is 0 Å². The van der Waals surface area contributed by atoms with Gasteiger partial charge < -0.3 is 41.4 Å². The van der Waals surface area contributed by atoms with Crippen LogP contribution in [0.5, 0.6) is 0 Å². The summed E-state index contributed by atoms with van der Waals surface area (Å²) < 4.78 is 10.8. The van der Waals surface area contributed by atoms with E-state index in [0.29, 0.717) is 13.2 Å². The molecule has 2 rings (SSSR count). The molecule has 8 nitrogen and oxygen atoms in total. The Balaban J connectivity index is 0.000000483. The first-order valence-corrected chi connectivity index (χ1v) is 9.14. The number of nitrogens with two attached hydrogens (primary N) is 2. The Morgan fingerprint density at radius 1 is 0.630 bits per heavy atom. The number of hydrogen-bond acceptors (Lipinski definition) is 8. The van der Waals surface area contributed by atoms with Crippen LogP contribution >= 0.6 is 0 Å². The quantitative estimate of drug-likeness (QED) is 0.325. The predicted molar refractivity (Wildman–Crippen MR) is 105 cm³/mol. The zero-order valence-electron chi connectivity index (χ0n) is 16.8. The third-order valence-corrected chi connectivity index (χ3v) is 4.84. The minimum absolute atomic E-state index is 0. The van der Waals surface area contributed by atoms with Crippen molar-refractivity contribution < 1.29 is 29.9 Å². The molecule has 164 valence electrons. The first-order chi connectivity index (χ1) is 11.7. The molecule has 2 heterocycles. The highest BCUT2D eigenvalue weighted by Gasteiger charge is 2.43.